The molecule has 0 saturated carbocycles. The zero-order valence-corrected chi connectivity index (χ0v) is 13.6. The number of nitrogens with zero attached hydrogens (tertiary/aromatic N) is 1. The van der Waals surface area contributed by atoms with E-state index in [0.29, 0.717) is 13.2 Å². The second-order valence-corrected chi connectivity index (χ2v) is 5.05. The molecule has 0 aliphatic carbocycles. The standard InChI is InChI=1S/C15H21NO7/c1-5-20-13(21-6-2)15(3,4)23-14(17)22-12-9-7-11(8-10-12)16(18)19/h7-10,13H,5-6H2,1-4H3. The number of rotatable bonds is 8. The highest BCUT2D eigenvalue weighted by Gasteiger charge is 2.35. The van der Waals surface area contributed by atoms with Crippen molar-refractivity contribution in [3.63, 3.8) is 0 Å². The zero-order chi connectivity index (χ0) is 17.5. The van der Waals surface area contributed by atoms with Crippen LogP contribution < -0.4 is 4.74 Å². The molecule has 0 bridgehead atoms. The summed E-state index contributed by atoms with van der Waals surface area (Å²) in [7, 11) is 0. The molecule has 0 aliphatic rings. The molecule has 0 amide bonds. The lowest BCUT2D eigenvalue weighted by Crippen LogP contribution is -2.45. The third kappa shape index (κ3) is 5.84. The van der Waals surface area contributed by atoms with Crippen molar-refractivity contribution in [1.82, 2.24) is 0 Å². The smallest absolute Gasteiger partial charge is 0.423 e. The molecule has 0 spiro atoms. The van der Waals surface area contributed by atoms with Crippen LogP contribution in [0.2, 0.25) is 0 Å². The van der Waals surface area contributed by atoms with E-state index in [1.807, 2.05) is 0 Å². The van der Waals surface area contributed by atoms with Gasteiger partial charge in [0, 0.05) is 25.3 Å². The second kappa shape index (κ2) is 8.44. The molecule has 0 N–H and O–H groups in total. The van der Waals surface area contributed by atoms with Gasteiger partial charge in [-0.15, -0.1) is 0 Å². The molecule has 8 nitrogen and oxygen atoms in total. The molecule has 0 aliphatic heterocycles. The lowest BCUT2D eigenvalue weighted by molar-refractivity contribution is -0.384. The van der Waals surface area contributed by atoms with Gasteiger partial charge in [0.05, 0.1) is 4.92 Å². The molecule has 0 radical (unpaired) electrons. The summed E-state index contributed by atoms with van der Waals surface area (Å²) >= 11 is 0. The van der Waals surface area contributed by atoms with Crippen LogP contribution in [0.15, 0.2) is 24.3 Å². The number of nitro benzene ring substituents is 1. The van der Waals surface area contributed by atoms with Gasteiger partial charge in [-0.1, -0.05) is 0 Å². The fraction of sp³-hybridized carbons (Fsp3) is 0.533. The lowest BCUT2D eigenvalue weighted by atomic mass is 10.1. The summed E-state index contributed by atoms with van der Waals surface area (Å²) < 4.78 is 21.1. The van der Waals surface area contributed by atoms with E-state index in [4.69, 9.17) is 18.9 Å². The molecule has 0 unspecified atom stereocenters. The van der Waals surface area contributed by atoms with Crippen molar-refractivity contribution in [3.05, 3.63) is 34.4 Å². The number of benzene rings is 1. The Hall–Kier alpha value is -2.19. The minimum atomic E-state index is -1.07. The summed E-state index contributed by atoms with van der Waals surface area (Å²) in [5, 5.41) is 10.6. The van der Waals surface area contributed by atoms with Crippen LogP contribution in [0.25, 0.3) is 0 Å². The van der Waals surface area contributed by atoms with E-state index in [1.54, 1.807) is 27.7 Å². The lowest BCUT2D eigenvalue weighted by Gasteiger charge is -2.32. The van der Waals surface area contributed by atoms with Gasteiger partial charge in [0.1, 0.15) is 5.75 Å². The molecule has 1 rings (SSSR count). The topological polar surface area (TPSA) is 97.1 Å². The predicted octanol–water partition coefficient (Wildman–Crippen LogP) is 3.29. The van der Waals surface area contributed by atoms with Gasteiger partial charge in [-0.05, 0) is 39.8 Å². The maximum Gasteiger partial charge on any atom is 0.514 e. The fourth-order valence-electron chi connectivity index (χ4n) is 1.77. The molecule has 8 heteroatoms. The normalized spacial score (nSPS) is 11.3. The van der Waals surface area contributed by atoms with Crippen LogP contribution in [0, 0.1) is 10.1 Å². The van der Waals surface area contributed by atoms with E-state index >= 15 is 0 Å². The number of carbonyl (C=O) groups excluding carboxylic acids is 1. The SMILES string of the molecule is CCOC(OCC)C(C)(C)OC(=O)Oc1ccc([N+](=O)[O-])cc1. The monoisotopic (exact) mass is 327 g/mol. The van der Waals surface area contributed by atoms with Crippen molar-refractivity contribution in [2.75, 3.05) is 13.2 Å². The van der Waals surface area contributed by atoms with Crippen LogP contribution in [0.4, 0.5) is 10.5 Å². The van der Waals surface area contributed by atoms with E-state index < -0.39 is 23.0 Å². The van der Waals surface area contributed by atoms with Gasteiger partial charge < -0.3 is 18.9 Å². The minimum absolute atomic E-state index is 0.0983. The van der Waals surface area contributed by atoms with Crippen LogP contribution in [0.3, 0.4) is 0 Å². The minimum Gasteiger partial charge on any atom is -0.423 e. The van der Waals surface area contributed by atoms with E-state index in [0.717, 1.165) is 0 Å². The van der Waals surface area contributed by atoms with Gasteiger partial charge in [0.25, 0.3) is 5.69 Å². The Balaban J connectivity index is 2.68. The van der Waals surface area contributed by atoms with Crippen LogP contribution in [0.5, 0.6) is 5.75 Å². The Labute approximate surface area is 134 Å². The summed E-state index contributed by atoms with van der Waals surface area (Å²) in [5.74, 6) is 0.140. The van der Waals surface area contributed by atoms with Crippen molar-refractivity contribution in [2.45, 2.75) is 39.6 Å². The third-order valence-corrected chi connectivity index (χ3v) is 2.80. The zero-order valence-electron chi connectivity index (χ0n) is 13.6. The number of hydrogen-bond acceptors (Lipinski definition) is 7. The van der Waals surface area contributed by atoms with Crippen molar-refractivity contribution in [3.8, 4) is 5.75 Å². The maximum absolute atomic E-state index is 11.9. The first-order valence-corrected chi connectivity index (χ1v) is 7.18. The second-order valence-electron chi connectivity index (χ2n) is 5.05. The molecular weight excluding hydrogens is 306 g/mol. The van der Waals surface area contributed by atoms with Crippen LogP contribution in [-0.4, -0.2) is 36.2 Å². The van der Waals surface area contributed by atoms with Gasteiger partial charge in [-0.3, -0.25) is 10.1 Å². The van der Waals surface area contributed by atoms with Crippen molar-refractivity contribution >= 4 is 11.8 Å². The highest BCUT2D eigenvalue weighted by molar-refractivity contribution is 5.64. The Morgan fingerprint density at radius 1 is 1.17 bits per heavy atom. The van der Waals surface area contributed by atoms with Gasteiger partial charge in [-0.2, -0.15) is 0 Å². The maximum atomic E-state index is 11.9. The highest BCUT2D eigenvalue weighted by Crippen LogP contribution is 2.22. The summed E-state index contributed by atoms with van der Waals surface area (Å²) in [6.07, 6.45) is -1.69. The average molecular weight is 327 g/mol. The van der Waals surface area contributed by atoms with Crippen LogP contribution in [-0.2, 0) is 14.2 Å². The molecule has 23 heavy (non-hydrogen) atoms. The summed E-state index contributed by atoms with van der Waals surface area (Å²) in [6.45, 7) is 7.68. The molecular formula is C15H21NO7. The number of ether oxygens (including phenoxy) is 4. The van der Waals surface area contributed by atoms with Crippen molar-refractivity contribution in [2.24, 2.45) is 0 Å². The third-order valence-electron chi connectivity index (χ3n) is 2.80. The number of nitro groups is 1. The Morgan fingerprint density at radius 2 is 1.70 bits per heavy atom. The quantitative estimate of drug-likeness (QED) is 0.237. The van der Waals surface area contributed by atoms with Gasteiger partial charge in [0.2, 0.25) is 0 Å². The number of non-ortho nitro benzene ring substituents is 1. The first kappa shape index (κ1) is 18.9. The first-order valence-electron chi connectivity index (χ1n) is 7.18. The summed E-state index contributed by atoms with van der Waals surface area (Å²) in [4.78, 5) is 21.9. The molecule has 1 aromatic rings. The molecule has 0 saturated heterocycles. The average Bonchev–Trinajstić information content (AvgIpc) is 2.46. The molecule has 1 aromatic carbocycles. The van der Waals surface area contributed by atoms with Crippen molar-refractivity contribution < 1.29 is 28.7 Å². The predicted molar refractivity (Wildman–Crippen MR) is 81.3 cm³/mol. The van der Waals surface area contributed by atoms with E-state index in [2.05, 4.69) is 0 Å². The van der Waals surface area contributed by atoms with E-state index in [1.165, 1.54) is 24.3 Å². The van der Waals surface area contributed by atoms with Gasteiger partial charge >= 0.3 is 6.16 Å². The Kier molecular flexibility index (Phi) is 6.92. The van der Waals surface area contributed by atoms with E-state index in [9.17, 15) is 14.9 Å². The van der Waals surface area contributed by atoms with Crippen LogP contribution in [0.1, 0.15) is 27.7 Å². The molecule has 128 valence electrons. The van der Waals surface area contributed by atoms with Crippen molar-refractivity contribution in [1.29, 1.82) is 0 Å². The largest absolute Gasteiger partial charge is 0.514 e. The number of carbonyl (C=O) groups is 1. The molecule has 0 atom stereocenters. The molecule has 0 fully saturated rings. The van der Waals surface area contributed by atoms with Crippen LogP contribution >= 0.6 is 0 Å². The summed E-state index contributed by atoms with van der Waals surface area (Å²) in [6, 6.07) is 5.10. The molecule has 0 heterocycles. The summed E-state index contributed by atoms with van der Waals surface area (Å²) in [5.41, 5.74) is -1.16. The van der Waals surface area contributed by atoms with E-state index in [-0.39, 0.29) is 11.4 Å². The van der Waals surface area contributed by atoms with Gasteiger partial charge in [-0.25, -0.2) is 4.79 Å². The fourth-order valence-corrected chi connectivity index (χ4v) is 1.77. The number of hydrogen-bond donors (Lipinski definition) is 0. The highest BCUT2D eigenvalue weighted by atomic mass is 16.8. The Bertz CT molecular complexity index is 521. The Morgan fingerprint density at radius 3 is 2.13 bits per heavy atom. The molecule has 0 aromatic heterocycles. The first-order chi connectivity index (χ1) is 10.8. The van der Waals surface area contributed by atoms with Gasteiger partial charge in [0.15, 0.2) is 11.9 Å².